The van der Waals surface area contributed by atoms with Gasteiger partial charge in [-0.3, -0.25) is 14.6 Å². The molecule has 0 bridgehead atoms. The zero-order valence-electron chi connectivity index (χ0n) is 21.4. The van der Waals surface area contributed by atoms with E-state index in [0.29, 0.717) is 40.1 Å². The predicted molar refractivity (Wildman–Crippen MR) is 149 cm³/mol. The Morgan fingerprint density at radius 3 is 2.38 bits per heavy atom. The molecule has 5 rings (SSSR count). The van der Waals surface area contributed by atoms with E-state index in [1.807, 2.05) is 30.3 Å². The Labute approximate surface area is 225 Å². The average molecular weight is 528 g/mol. The number of carbonyl (C=O) groups is 2. The van der Waals surface area contributed by atoms with E-state index in [4.69, 9.17) is 10.2 Å². The molecule has 0 spiro atoms. The van der Waals surface area contributed by atoms with Gasteiger partial charge in [0.2, 0.25) is 5.91 Å². The van der Waals surface area contributed by atoms with E-state index in [1.165, 1.54) is 12.1 Å². The average Bonchev–Trinajstić information content (AvgIpc) is 3.28. The monoisotopic (exact) mass is 527 g/mol. The second-order valence-corrected chi connectivity index (χ2v) is 9.49. The number of amides is 1. The maximum absolute atomic E-state index is 12.5. The van der Waals surface area contributed by atoms with Crippen LogP contribution in [0.25, 0.3) is 10.9 Å². The van der Waals surface area contributed by atoms with Crippen LogP contribution in [0.2, 0.25) is 0 Å². The van der Waals surface area contributed by atoms with Gasteiger partial charge in [0.25, 0.3) is 0 Å². The minimum atomic E-state index is -0.903. The van der Waals surface area contributed by atoms with Crippen molar-refractivity contribution in [3.05, 3.63) is 89.5 Å². The summed E-state index contributed by atoms with van der Waals surface area (Å²) in [4.78, 5) is 40.2. The minimum absolute atomic E-state index is 0.0612. The van der Waals surface area contributed by atoms with Crippen molar-refractivity contribution in [1.29, 1.82) is 0 Å². The van der Waals surface area contributed by atoms with Gasteiger partial charge in [0.15, 0.2) is 5.88 Å². The van der Waals surface area contributed by atoms with E-state index in [-0.39, 0.29) is 17.4 Å². The highest BCUT2D eigenvalue weighted by Crippen LogP contribution is 2.32. The molecule has 1 amide bonds. The molecule has 3 aromatic carbocycles. The number of benzene rings is 3. The number of aromatic hydroxyl groups is 1. The molecule has 1 aliphatic heterocycles. The van der Waals surface area contributed by atoms with Crippen LogP contribution in [0.1, 0.15) is 21.5 Å². The van der Waals surface area contributed by atoms with Gasteiger partial charge in [0.1, 0.15) is 0 Å². The van der Waals surface area contributed by atoms with Gasteiger partial charge in [-0.25, -0.2) is 9.79 Å². The van der Waals surface area contributed by atoms with Crippen LogP contribution in [0.3, 0.4) is 0 Å². The summed E-state index contributed by atoms with van der Waals surface area (Å²) >= 11 is 0. The number of aliphatic imine (C=N–C) groups is 1. The van der Waals surface area contributed by atoms with Gasteiger partial charge >= 0.3 is 5.97 Å². The Balaban J connectivity index is 1.42. The van der Waals surface area contributed by atoms with Crippen molar-refractivity contribution in [2.75, 3.05) is 45.1 Å². The fourth-order valence-corrected chi connectivity index (χ4v) is 4.62. The van der Waals surface area contributed by atoms with Crippen molar-refractivity contribution >= 4 is 39.9 Å². The Kier molecular flexibility index (Phi) is 7.69. The van der Waals surface area contributed by atoms with Crippen molar-refractivity contribution in [3.8, 4) is 5.88 Å². The lowest BCUT2D eigenvalue weighted by Crippen LogP contribution is -2.47. The number of fused-ring (bicyclic) bond motifs is 1. The number of anilines is 1. The van der Waals surface area contributed by atoms with Crippen LogP contribution in [0.15, 0.2) is 77.8 Å². The number of rotatable bonds is 7. The maximum Gasteiger partial charge on any atom is 0.372 e. The molecule has 10 nitrogen and oxygen atoms in total. The zero-order chi connectivity index (χ0) is 27.4. The SMILES string of the molecule is CN1CCN(CC(=O)Nc2ccc(N=C(c3ccccc3)c3c(O)[nH]c4cc(C(=O)OO)ccc34)cc2)CC1. The van der Waals surface area contributed by atoms with Gasteiger partial charge in [-0.1, -0.05) is 36.4 Å². The van der Waals surface area contributed by atoms with Crippen LogP contribution < -0.4 is 5.32 Å². The highest BCUT2D eigenvalue weighted by Gasteiger charge is 2.20. The lowest BCUT2D eigenvalue weighted by Gasteiger charge is -2.31. The van der Waals surface area contributed by atoms with Crippen molar-refractivity contribution in [2.45, 2.75) is 0 Å². The Morgan fingerprint density at radius 2 is 1.69 bits per heavy atom. The predicted octanol–water partition coefficient (Wildman–Crippen LogP) is 3.86. The molecule has 200 valence electrons. The summed E-state index contributed by atoms with van der Waals surface area (Å²) < 4.78 is 0. The Bertz CT molecular complexity index is 1510. The summed E-state index contributed by atoms with van der Waals surface area (Å²) in [6.45, 7) is 3.99. The van der Waals surface area contributed by atoms with Gasteiger partial charge in [0, 0.05) is 48.3 Å². The van der Waals surface area contributed by atoms with Crippen molar-refractivity contribution in [3.63, 3.8) is 0 Å². The third-order valence-corrected chi connectivity index (χ3v) is 6.74. The van der Waals surface area contributed by atoms with Crippen molar-refractivity contribution in [2.24, 2.45) is 4.99 Å². The highest BCUT2D eigenvalue weighted by atomic mass is 17.1. The molecule has 1 aliphatic rings. The van der Waals surface area contributed by atoms with Crippen LogP contribution in [-0.4, -0.2) is 82.5 Å². The highest BCUT2D eigenvalue weighted by molar-refractivity contribution is 6.22. The van der Waals surface area contributed by atoms with Gasteiger partial charge in [-0.15, -0.1) is 0 Å². The van der Waals surface area contributed by atoms with E-state index in [9.17, 15) is 14.7 Å². The number of likely N-dealkylation sites (N-methyl/N-ethyl adjacent to an activating group) is 1. The lowest BCUT2D eigenvalue weighted by atomic mass is 10.00. The number of hydrogen-bond donors (Lipinski definition) is 4. The van der Waals surface area contributed by atoms with Crippen LogP contribution >= 0.6 is 0 Å². The van der Waals surface area contributed by atoms with E-state index >= 15 is 0 Å². The first-order valence-corrected chi connectivity index (χ1v) is 12.6. The molecule has 0 unspecified atom stereocenters. The first-order valence-electron chi connectivity index (χ1n) is 12.6. The largest absolute Gasteiger partial charge is 0.494 e. The van der Waals surface area contributed by atoms with Gasteiger partial charge < -0.3 is 20.3 Å². The molecule has 0 aliphatic carbocycles. The summed E-state index contributed by atoms with van der Waals surface area (Å²) in [5.41, 5.74) is 3.66. The number of aromatic nitrogens is 1. The molecular weight excluding hydrogens is 498 g/mol. The minimum Gasteiger partial charge on any atom is -0.494 e. The number of nitrogens with one attached hydrogen (secondary N) is 2. The van der Waals surface area contributed by atoms with Crippen molar-refractivity contribution < 1.29 is 24.8 Å². The lowest BCUT2D eigenvalue weighted by molar-refractivity contribution is -0.182. The van der Waals surface area contributed by atoms with Crippen LogP contribution in [0.4, 0.5) is 11.4 Å². The normalized spacial score (nSPS) is 14.9. The molecule has 0 saturated carbocycles. The molecule has 0 radical (unpaired) electrons. The van der Waals surface area contributed by atoms with Crippen LogP contribution in [-0.2, 0) is 9.68 Å². The Hall–Kier alpha value is -4.51. The molecule has 39 heavy (non-hydrogen) atoms. The van der Waals surface area contributed by atoms with Crippen molar-refractivity contribution in [1.82, 2.24) is 14.8 Å². The smallest absolute Gasteiger partial charge is 0.372 e. The van der Waals surface area contributed by atoms with Gasteiger partial charge in [0.05, 0.1) is 29.1 Å². The van der Waals surface area contributed by atoms with E-state index < -0.39 is 5.97 Å². The molecule has 10 heteroatoms. The maximum atomic E-state index is 12.5. The van der Waals surface area contributed by atoms with Gasteiger partial charge in [-0.2, -0.15) is 5.26 Å². The van der Waals surface area contributed by atoms with E-state index in [1.54, 1.807) is 30.3 Å². The molecule has 2 heterocycles. The summed E-state index contributed by atoms with van der Waals surface area (Å²) in [5, 5.41) is 23.2. The second-order valence-electron chi connectivity index (χ2n) is 9.49. The molecule has 1 saturated heterocycles. The quantitative estimate of drug-likeness (QED) is 0.163. The van der Waals surface area contributed by atoms with Gasteiger partial charge in [-0.05, 0) is 43.4 Å². The second kappa shape index (κ2) is 11.5. The number of H-pyrrole nitrogens is 1. The first-order chi connectivity index (χ1) is 18.9. The fourth-order valence-electron chi connectivity index (χ4n) is 4.62. The molecular formula is C29H29N5O5. The van der Waals surface area contributed by atoms with Crippen LogP contribution in [0.5, 0.6) is 5.88 Å². The first kappa shape index (κ1) is 26.1. The third-order valence-electron chi connectivity index (χ3n) is 6.74. The number of piperazine rings is 1. The standard InChI is InChI=1S/C29H29N5O5/c1-33-13-15-34(16-14-33)18-25(35)30-21-8-10-22(11-9-21)31-27(19-5-3-2-4-6-19)26-23-12-7-20(29(37)39-38)17-24(23)32-28(26)36/h2-12,17,32,36,38H,13-16,18H2,1H3,(H,30,35). The number of carbonyl (C=O) groups excluding carboxylic acids is 2. The third kappa shape index (κ3) is 5.99. The van der Waals surface area contributed by atoms with E-state index in [2.05, 4.69) is 32.0 Å². The molecule has 0 atom stereocenters. The summed E-state index contributed by atoms with van der Waals surface area (Å²) in [6, 6.07) is 21.3. The summed E-state index contributed by atoms with van der Waals surface area (Å²) in [6.07, 6.45) is 0. The molecule has 4 N–H and O–H groups in total. The summed E-state index contributed by atoms with van der Waals surface area (Å²) in [7, 11) is 2.08. The molecule has 4 aromatic rings. The zero-order valence-corrected chi connectivity index (χ0v) is 21.4. The fraction of sp³-hybridized carbons (Fsp3) is 0.207. The number of hydrogen-bond acceptors (Lipinski definition) is 8. The molecule has 1 aromatic heterocycles. The Morgan fingerprint density at radius 1 is 0.974 bits per heavy atom. The number of aromatic amines is 1. The van der Waals surface area contributed by atoms with E-state index in [0.717, 1.165) is 31.7 Å². The van der Waals surface area contributed by atoms with Crippen LogP contribution in [0, 0.1) is 0 Å². The summed E-state index contributed by atoms with van der Waals surface area (Å²) in [5.74, 6) is -1.08. The number of nitrogens with zero attached hydrogens (tertiary/aromatic N) is 3. The topological polar surface area (TPSA) is 130 Å². The molecule has 1 fully saturated rings.